The van der Waals surface area contributed by atoms with Gasteiger partial charge in [0.25, 0.3) is 0 Å². The summed E-state index contributed by atoms with van der Waals surface area (Å²) < 4.78 is 0. The molecule has 0 bridgehead atoms. The third-order valence-electron chi connectivity index (χ3n) is 1.94. The first-order chi connectivity index (χ1) is 5.65. The molecule has 12 heavy (non-hydrogen) atoms. The first-order valence-corrected chi connectivity index (χ1v) is 4.16. The lowest BCUT2D eigenvalue weighted by Crippen LogP contribution is -2.27. The van der Waals surface area contributed by atoms with E-state index < -0.39 is 6.10 Å². The van der Waals surface area contributed by atoms with Gasteiger partial charge in [-0.05, 0) is 6.42 Å². The highest BCUT2D eigenvalue weighted by Crippen LogP contribution is 2.12. The van der Waals surface area contributed by atoms with Crippen molar-refractivity contribution >= 4 is 5.91 Å². The van der Waals surface area contributed by atoms with Gasteiger partial charge >= 0.3 is 0 Å². The van der Waals surface area contributed by atoms with Gasteiger partial charge in [-0.25, -0.2) is 0 Å². The molecule has 2 N–H and O–H groups in total. The Labute approximate surface area is 73.5 Å². The Morgan fingerprint density at radius 3 is 2.67 bits per heavy atom. The van der Waals surface area contributed by atoms with Crippen molar-refractivity contribution in [3.63, 3.8) is 0 Å². The molecule has 2 atom stereocenters. The van der Waals surface area contributed by atoms with Gasteiger partial charge in [0.15, 0.2) is 0 Å². The van der Waals surface area contributed by atoms with Crippen LogP contribution >= 0.6 is 0 Å². The average Bonchev–Trinajstić information content (AvgIpc) is 2.06. The van der Waals surface area contributed by atoms with Crippen molar-refractivity contribution < 1.29 is 9.90 Å². The van der Waals surface area contributed by atoms with Gasteiger partial charge < -0.3 is 10.4 Å². The minimum Gasteiger partial charge on any atom is -0.392 e. The number of carbonyl (C=O) groups is 1. The lowest BCUT2D eigenvalue weighted by molar-refractivity contribution is -0.123. The van der Waals surface area contributed by atoms with Crippen LogP contribution in [0.5, 0.6) is 0 Å². The van der Waals surface area contributed by atoms with Gasteiger partial charge in [0.1, 0.15) is 0 Å². The summed E-state index contributed by atoms with van der Waals surface area (Å²) in [6.45, 7) is 5.55. The van der Waals surface area contributed by atoms with E-state index in [2.05, 4.69) is 11.9 Å². The van der Waals surface area contributed by atoms with Crippen LogP contribution in [0, 0.1) is 5.92 Å². The summed E-state index contributed by atoms with van der Waals surface area (Å²) in [5.41, 5.74) is 0. The van der Waals surface area contributed by atoms with Crippen LogP contribution in [0.15, 0.2) is 12.7 Å². The highest BCUT2D eigenvalue weighted by molar-refractivity contribution is 5.76. The zero-order valence-corrected chi connectivity index (χ0v) is 7.71. The molecule has 1 amide bonds. The van der Waals surface area contributed by atoms with Crippen molar-refractivity contribution in [2.45, 2.75) is 25.9 Å². The number of hydrogen-bond donors (Lipinski definition) is 2. The second kappa shape index (κ2) is 5.77. The fourth-order valence-electron chi connectivity index (χ4n) is 1.04. The van der Waals surface area contributed by atoms with Gasteiger partial charge in [-0.2, -0.15) is 0 Å². The lowest BCUT2D eigenvalue weighted by atomic mass is 9.97. The van der Waals surface area contributed by atoms with Crippen molar-refractivity contribution in [2.24, 2.45) is 5.92 Å². The van der Waals surface area contributed by atoms with E-state index in [9.17, 15) is 9.90 Å². The number of nitrogens with one attached hydrogen (secondary N) is 1. The second-order valence-electron chi connectivity index (χ2n) is 2.75. The molecule has 0 aromatic carbocycles. The molecular weight excluding hydrogens is 154 g/mol. The van der Waals surface area contributed by atoms with Crippen LogP contribution in [0.2, 0.25) is 0 Å². The molecule has 0 aromatic heterocycles. The molecular formula is C9H17NO2. The SMILES string of the molecule is C=CC(CC)C(O)CC(=O)NC. The Hall–Kier alpha value is -0.830. The summed E-state index contributed by atoms with van der Waals surface area (Å²) in [7, 11) is 1.56. The molecule has 2 unspecified atom stereocenters. The Kier molecular flexibility index (Phi) is 5.37. The highest BCUT2D eigenvalue weighted by atomic mass is 16.3. The molecule has 0 aliphatic carbocycles. The number of amides is 1. The van der Waals surface area contributed by atoms with Crippen LogP contribution in [0.4, 0.5) is 0 Å². The monoisotopic (exact) mass is 171 g/mol. The number of carbonyl (C=O) groups excluding carboxylic acids is 1. The van der Waals surface area contributed by atoms with E-state index in [0.29, 0.717) is 0 Å². The van der Waals surface area contributed by atoms with Crippen LogP contribution in [0.1, 0.15) is 19.8 Å². The van der Waals surface area contributed by atoms with Gasteiger partial charge in [-0.1, -0.05) is 13.0 Å². The fraction of sp³-hybridized carbons (Fsp3) is 0.667. The molecule has 0 saturated carbocycles. The molecule has 0 radical (unpaired) electrons. The standard InChI is InChI=1S/C9H17NO2/c1-4-7(5-2)8(11)6-9(12)10-3/h4,7-8,11H,1,5-6H2,2-3H3,(H,10,12). The summed E-state index contributed by atoms with van der Waals surface area (Å²) in [6, 6.07) is 0. The molecule has 0 aliphatic heterocycles. The number of rotatable bonds is 5. The quantitative estimate of drug-likeness (QED) is 0.598. The van der Waals surface area contributed by atoms with Crippen molar-refractivity contribution in [3.05, 3.63) is 12.7 Å². The summed E-state index contributed by atoms with van der Waals surface area (Å²) in [6.07, 6.45) is 2.04. The van der Waals surface area contributed by atoms with E-state index in [1.54, 1.807) is 13.1 Å². The third kappa shape index (κ3) is 3.53. The van der Waals surface area contributed by atoms with Crippen molar-refractivity contribution in [1.29, 1.82) is 0 Å². The third-order valence-corrected chi connectivity index (χ3v) is 1.94. The van der Waals surface area contributed by atoms with E-state index in [1.807, 2.05) is 6.92 Å². The maximum atomic E-state index is 10.9. The van der Waals surface area contributed by atoms with Crippen LogP contribution in [-0.4, -0.2) is 24.2 Å². The molecule has 0 spiro atoms. The van der Waals surface area contributed by atoms with Gasteiger partial charge in [0.2, 0.25) is 5.91 Å². The van der Waals surface area contributed by atoms with Gasteiger partial charge in [0, 0.05) is 13.0 Å². The first-order valence-electron chi connectivity index (χ1n) is 4.16. The van der Waals surface area contributed by atoms with Crippen LogP contribution < -0.4 is 5.32 Å². The Morgan fingerprint density at radius 1 is 1.75 bits per heavy atom. The summed E-state index contributed by atoms with van der Waals surface area (Å²) in [5, 5.41) is 11.9. The number of aliphatic hydroxyl groups is 1. The summed E-state index contributed by atoms with van der Waals surface area (Å²) >= 11 is 0. The first kappa shape index (κ1) is 11.2. The predicted molar refractivity (Wildman–Crippen MR) is 48.7 cm³/mol. The Balaban J connectivity index is 3.91. The minimum atomic E-state index is -0.604. The van der Waals surface area contributed by atoms with Crippen LogP contribution in [-0.2, 0) is 4.79 Å². The van der Waals surface area contributed by atoms with Gasteiger partial charge in [0.05, 0.1) is 12.5 Å². The molecule has 0 aliphatic rings. The molecule has 70 valence electrons. The van der Waals surface area contributed by atoms with E-state index in [-0.39, 0.29) is 18.2 Å². The van der Waals surface area contributed by atoms with Crippen molar-refractivity contribution in [2.75, 3.05) is 7.05 Å². The smallest absolute Gasteiger partial charge is 0.222 e. The average molecular weight is 171 g/mol. The van der Waals surface area contributed by atoms with Crippen molar-refractivity contribution in [3.8, 4) is 0 Å². The van der Waals surface area contributed by atoms with Gasteiger partial charge in [-0.3, -0.25) is 4.79 Å². The molecule has 0 aromatic rings. The van der Waals surface area contributed by atoms with E-state index in [1.165, 1.54) is 0 Å². The van der Waals surface area contributed by atoms with E-state index in [0.717, 1.165) is 6.42 Å². The summed E-state index contributed by atoms with van der Waals surface area (Å²) in [4.78, 5) is 10.9. The molecule has 0 rings (SSSR count). The predicted octanol–water partition coefficient (Wildman–Crippen LogP) is 0.696. The molecule has 0 fully saturated rings. The number of hydrogen-bond acceptors (Lipinski definition) is 2. The molecule has 0 heterocycles. The van der Waals surface area contributed by atoms with Gasteiger partial charge in [-0.15, -0.1) is 6.58 Å². The van der Waals surface area contributed by atoms with Crippen LogP contribution in [0.25, 0.3) is 0 Å². The molecule has 3 nitrogen and oxygen atoms in total. The fourth-order valence-corrected chi connectivity index (χ4v) is 1.04. The van der Waals surface area contributed by atoms with Crippen LogP contribution in [0.3, 0.4) is 0 Å². The Bertz CT molecular complexity index is 157. The Morgan fingerprint density at radius 2 is 2.33 bits per heavy atom. The zero-order valence-electron chi connectivity index (χ0n) is 7.71. The highest BCUT2D eigenvalue weighted by Gasteiger charge is 2.16. The minimum absolute atomic E-state index is 0.0160. The second-order valence-corrected chi connectivity index (χ2v) is 2.75. The molecule has 3 heteroatoms. The van der Waals surface area contributed by atoms with E-state index >= 15 is 0 Å². The van der Waals surface area contributed by atoms with Crippen molar-refractivity contribution in [1.82, 2.24) is 5.32 Å². The normalized spacial score (nSPS) is 14.9. The number of aliphatic hydroxyl groups excluding tert-OH is 1. The maximum Gasteiger partial charge on any atom is 0.222 e. The maximum absolute atomic E-state index is 10.9. The largest absolute Gasteiger partial charge is 0.392 e. The molecule has 0 saturated heterocycles. The summed E-state index contributed by atoms with van der Waals surface area (Å²) in [5.74, 6) is -0.120. The van der Waals surface area contributed by atoms with E-state index in [4.69, 9.17) is 0 Å². The topological polar surface area (TPSA) is 49.3 Å². The zero-order chi connectivity index (χ0) is 9.56. The lowest BCUT2D eigenvalue weighted by Gasteiger charge is -2.16.